The number of nitrogens with zero attached hydrogens (tertiary/aromatic N) is 4. The van der Waals surface area contributed by atoms with E-state index >= 15 is 0 Å². The Balaban J connectivity index is 1.43. The molecular weight excluding hydrogens is 378 g/mol. The first-order chi connectivity index (χ1) is 13.6. The first kappa shape index (κ1) is 18.6. The number of carbonyl (C=O) groups excluding carboxylic acids is 1. The van der Waals surface area contributed by atoms with Crippen molar-refractivity contribution in [3.63, 3.8) is 0 Å². The van der Waals surface area contributed by atoms with E-state index in [-0.39, 0.29) is 18.0 Å². The van der Waals surface area contributed by atoms with Crippen molar-refractivity contribution in [2.24, 2.45) is 0 Å². The minimum atomic E-state index is -0.136. The van der Waals surface area contributed by atoms with Crippen molar-refractivity contribution in [2.75, 3.05) is 25.5 Å². The number of anilines is 1. The maximum absolute atomic E-state index is 12.5. The molecule has 0 spiro atoms. The Bertz CT molecular complexity index is 1090. The van der Waals surface area contributed by atoms with E-state index in [1.807, 2.05) is 30.0 Å². The smallest absolute Gasteiger partial charge is 0.256 e. The van der Waals surface area contributed by atoms with Crippen molar-refractivity contribution in [3.05, 3.63) is 46.1 Å². The molecule has 8 nitrogen and oxygen atoms in total. The van der Waals surface area contributed by atoms with E-state index < -0.39 is 0 Å². The summed E-state index contributed by atoms with van der Waals surface area (Å²) in [6, 6.07) is 5.69. The third kappa shape index (κ3) is 3.50. The van der Waals surface area contributed by atoms with Crippen molar-refractivity contribution in [1.29, 1.82) is 0 Å². The van der Waals surface area contributed by atoms with E-state index in [1.165, 1.54) is 11.3 Å². The molecule has 0 unspecified atom stereocenters. The quantitative estimate of drug-likeness (QED) is 0.705. The molecule has 146 valence electrons. The highest BCUT2D eigenvalue weighted by molar-refractivity contribution is 7.22. The number of nitrogens with one attached hydrogen (secondary N) is 1. The van der Waals surface area contributed by atoms with Gasteiger partial charge in [-0.1, -0.05) is 17.4 Å². The van der Waals surface area contributed by atoms with Crippen LogP contribution < -0.4 is 15.6 Å². The van der Waals surface area contributed by atoms with Crippen LogP contribution in [0, 0.1) is 0 Å². The molecule has 0 fully saturated rings. The second-order valence-corrected chi connectivity index (χ2v) is 7.63. The number of benzene rings is 1. The van der Waals surface area contributed by atoms with E-state index in [0.29, 0.717) is 36.9 Å². The van der Waals surface area contributed by atoms with Crippen molar-refractivity contribution in [1.82, 2.24) is 19.4 Å². The molecule has 3 heterocycles. The summed E-state index contributed by atoms with van der Waals surface area (Å²) in [6.45, 7) is 3.91. The van der Waals surface area contributed by atoms with Gasteiger partial charge in [-0.25, -0.2) is 9.97 Å². The molecular formula is C19H21N5O3S. The average Bonchev–Trinajstić information content (AvgIpc) is 3.10. The van der Waals surface area contributed by atoms with E-state index in [0.717, 1.165) is 21.5 Å². The van der Waals surface area contributed by atoms with Crippen LogP contribution in [-0.2, 0) is 24.3 Å². The third-order valence-corrected chi connectivity index (χ3v) is 5.76. The number of hydrogen-bond donors (Lipinski definition) is 1. The Morgan fingerprint density at radius 1 is 1.39 bits per heavy atom. The van der Waals surface area contributed by atoms with Crippen LogP contribution in [-0.4, -0.2) is 45.5 Å². The van der Waals surface area contributed by atoms with Crippen LogP contribution in [0.1, 0.15) is 18.2 Å². The summed E-state index contributed by atoms with van der Waals surface area (Å²) in [7, 11) is 1.60. The van der Waals surface area contributed by atoms with Crippen LogP contribution in [0.4, 0.5) is 5.13 Å². The summed E-state index contributed by atoms with van der Waals surface area (Å²) in [6.07, 6.45) is 2.19. The number of methoxy groups -OCH3 is 1. The zero-order valence-corrected chi connectivity index (χ0v) is 16.6. The van der Waals surface area contributed by atoms with Crippen LogP contribution >= 0.6 is 11.3 Å². The number of hydrogen-bond acceptors (Lipinski definition) is 7. The number of amides is 1. The molecule has 0 aliphatic carbocycles. The largest absolute Gasteiger partial charge is 0.494 e. The molecule has 1 aromatic carbocycles. The number of aryl methyl sites for hydroxylation is 1. The van der Waals surface area contributed by atoms with Gasteiger partial charge in [-0.15, -0.1) is 0 Å². The standard InChI is InChI=1S/C19H21N5O3S/c1-3-24-11-20-13-9-23(8-7-12(13)18(24)26)10-16(25)21-19-22-17-14(27-2)5-4-6-15(17)28-19/h4-6,11H,3,7-10H2,1-2H3,(H,21,22,25). The summed E-state index contributed by atoms with van der Waals surface area (Å²) < 4.78 is 7.89. The first-order valence-corrected chi connectivity index (χ1v) is 9.93. The SMILES string of the molecule is CCn1cnc2c(c1=O)CCN(CC(=O)Nc1nc3c(OC)cccc3s1)C2. The molecule has 3 aromatic rings. The van der Waals surface area contributed by atoms with Crippen LogP contribution in [0.2, 0.25) is 0 Å². The lowest BCUT2D eigenvalue weighted by molar-refractivity contribution is -0.117. The van der Waals surface area contributed by atoms with Gasteiger partial charge in [-0.05, 0) is 25.5 Å². The van der Waals surface area contributed by atoms with Crippen LogP contribution in [0.3, 0.4) is 0 Å². The topological polar surface area (TPSA) is 89.4 Å². The lowest BCUT2D eigenvalue weighted by Gasteiger charge is -2.27. The molecule has 0 atom stereocenters. The van der Waals surface area contributed by atoms with Gasteiger partial charge in [-0.2, -0.15) is 0 Å². The average molecular weight is 399 g/mol. The van der Waals surface area contributed by atoms with Gasteiger partial charge < -0.3 is 10.1 Å². The van der Waals surface area contributed by atoms with Crippen molar-refractivity contribution >= 4 is 32.6 Å². The van der Waals surface area contributed by atoms with Gasteiger partial charge in [0.15, 0.2) is 5.13 Å². The predicted octanol–water partition coefficient (Wildman–Crippen LogP) is 1.88. The summed E-state index contributed by atoms with van der Waals surface area (Å²) in [5, 5.41) is 3.42. The second kappa shape index (κ2) is 7.69. The number of para-hydroxylation sites is 1. The maximum Gasteiger partial charge on any atom is 0.256 e. The number of ether oxygens (including phenoxy) is 1. The van der Waals surface area contributed by atoms with Gasteiger partial charge in [0.2, 0.25) is 5.91 Å². The Hall–Kier alpha value is -2.78. The number of rotatable bonds is 5. The summed E-state index contributed by atoms with van der Waals surface area (Å²) in [5.74, 6) is 0.550. The molecule has 1 aliphatic heterocycles. The predicted molar refractivity (Wildman–Crippen MR) is 108 cm³/mol. The van der Waals surface area contributed by atoms with Crippen molar-refractivity contribution in [3.8, 4) is 5.75 Å². The molecule has 0 saturated carbocycles. The Labute approximate surface area is 165 Å². The molecule has 9 heteroatoms. The molecule has 1 N–H and O–H groups in total. The minimum Gasteiger partial charge on any atom is -0.494 e. The van der Waals surface area contributed by atoms with Crippen LogP contribution in [0.5, 0.6) is 5.75 Å². The molecule has 0 bridgehead atoms. The number of thiazole rings is 1. The number of aromatic nitrogens is 3. The molecule has 1 amide bonds. The minimum absolute atomic E-state index is 0.0278. The number of carbonyl (C=O) groups is 1. The fourth-order valence-corrected chi connectivity index (χ4v) is 4.28. The first-order valence-electron chi connectivity index (χ1n) is 9.12. The van der Waals surface area contributed by atoms with E-state index in [4.69, 9.17) is 4.74 Å². The molecule has 4 rings (SSSR count). The lowest BCUT2D eigenvalue weighted by atomic mass is 10.1. The van der Waals surface area contributed by atoms with Gasteiger partial charge in [0.05, 0.1) is 30.4 Å². The molecule has 1 aliphatic rings. The molecule has 2 aromatic heterocycles. The highest BCUT2D eigenvalue weighted by Crippen LogP contribution is 2.32. The van der Waals surface area contributed by atoms with E-state index in [1.54, 1.807) is 18.0 Å². The fraction of sp³-hybridized carbons (Fsp3) is 0.368. The van der Waals surface area contributed by atoms with E-state index in [2.05, 4.69) is 15.3 Å². The van der Waals surface area contributed by atoms with Gasteiger partial charge in [-0.3, -0.25) is 19.1 Å². The molecule has 0 saturated heterocycles. The Morgan fingerprint density at radius 2 is 2.25 bits per heavy atom. The fourth-order valence-electron chi connectivity index (χ4n) is 3.38. The van der Waals surface area contributed by atoms with Gasteiger partial charge in [0.1, 0.15) is 11.3 Å². The maximum atomic E-state index is 12.5. The highest BCUT2D eigenvalue weighted by Gasteiger charge is 2.23. The molecule has 0 radical (unpaired) electrons. The zero-order valence-electron chi connectivity index (χ0n) is 15.8. The highest BCUT2D eigenvalue weighted by atomic mass is 32.1. The zero-order chi connectivity index (χ0) is 19.7. The van der Waals surface area contributed by atoms with Crippen molar-refractivity contribution in [2.45, 2.75) is 26.4 Å². The number of fused-ring (bicyclic) bond motifs is 2. The van der Waals surface area contributed by atoms with Gasteiger partial charge >= 0.3 is 0 Å². The lowest BCUT2D eigenvalue weighted by Crippen LogP contribution is -2.40. The Kier molecular flexibility index (Phi) is 5.10. The monoisotopic (exact) mass is 399 g/mol. The summed E-state index contributed by atoms with van der Waals surface area (Å²) in [5.41, 5.74) is 2.30. The van der Waals surface area contributed by atoms with Crippen LogP contribution in [0.25, 0.3) is 10.2 Å². The third-order valence-electron chi connectivity index (χ3n) is 4.83. The van der Waals surface area contributed by atoms with Crippen molar-refractivity contribution < 1.29 is 9.53 Å². The Morgan fingerprint density at radius 3 is 3.04 bits per heavy atom. The van der Waals surface area contributed by atoms with E-state index in [9.17, 15) is 9.59 Å². The normalized spacial score (nSPS) is 14.1. The van der Waals surface area contributed by atoms with Gasteiger partial charge in [0, 0.05) is 25.2 Å². The summed E-state index contributed by atoms with van der Waals surface area (Å²) in [4.78, 5) is 35.7. The van der Waals surface area contributed by atoms with Crippen LogP contribution in [0.15, 0.2) is 29.3 Å². The summed E-state index contributed by atoms with van der Waals surface area (Å²) >= 11 is 1.41. The second-order valence-electron chi connectivity index (χ2n) is 6.60. The van der Waals surface area contributed by atoms with Gasteiger partial charge in [0.25, 0.3) is 5.56 Å². The molecule has 28 heavy (non-hydrogen) atoms.